The molecule has 3 rings (SSSR count). The van der Waals surface area contributed by atoms with Crippen molar-refractivity contribution in [3.8, 4) is 0 Å². The summed E-state index contributed by atoms with van der Waals surface area (Å²) >= 11 is 26.0. The van der Waals surface area contributed by atoms with E-state index in [2.05, 4.69) is 0 Å². The van der Waals surface area contributed by atoms with Crippen LogP contribution in [-0.2, 0) is 0 Å². The quantitative estimate of drug-likeness (QED) is 0.580. The fourth-order valence-corrected chi connectivity index (χ4v) is 6.33. The van der Waals surface area contributed by atoms with Crippen molar-refractivity contribution in [1.29, 1.82) is 0 Å². The topological polar surface area (TPSA) is 0 Å². The van der Waals surface area contributed by atoms with Crippen LogP contribution in [0.2, 0.25) is 0 Å². The van der Waals surface area contributed by atoms with Crippen molar-refractivity contribution in [3.63, 3.8) is 0 Å². The lowest BCUT2D eigenvalue weighted by Gasteiger charge is -2.36. The summed E-state index contributed by atoms with van der Waals surface area (Å²) < 4.78 is 0. The lowest BCUT2D eigenvalue weighted by atomic mass is 9.87. The highest BCUT2D eigenvalue weighted by molar-refractivity contribution is 6.37. The van der Waals surface area contributed by atoms with E-state index in [0.29, 0.717) is 11.8 Å². The van der Waals surface area contributed by atoms with E-state index < -0.39 is 0 Å². The second-order valence-electron chi connectivity index (χ2n) is 5.43. The van der Waals surface area contributed by atoms with Crippen molar-refractivity contribution in [3.05, 3.63) is 0 Å². The molecule has 0 aromatic carbocycles. The fraction of sp³-hybridized carbons (Fsp3) is 1.00. The first kappa shape index (κ1) is 11.3. The van der Waals surface area contributed by atoms with Gasteiger partial charge >= 0.3 is 0 Å². The Morgan fingerprint density at radius 2 is 1.13 bits per heavy atom. The largest absolute Gasteiger partial charge is 0.123 e. The summed E-state index contributed by atoms with van der Waals surface area (Å²) in [5.41, 5.74) is 0. The van der Waals surface area contributed by atoms with E-state index in [1.54, 1.807) is 0 Å². The van der Waals surface area contributed by atoms with Gasteiger partial charge in [-0.2, -0.15) is 0 Å². The van der Waals surface area contributed by atoms with Crippen molar-refractivity contribution in [2.24, 2.45) is 11.8 Å². The zero-order valence-electron chi connectivity index (χ0n) is 8.36. The van der Waals surface area contributed by atoms with Crippen LogP contribution in [0.1, 0.15) is 32.1 Å². The monoisotopic (exact) mass is 286 g/mol. The third-order valence-corrected chi connectivity index (χ3v) is 7.03. The van der Waals surface area contributed by atoms with Crippen LogP contribution in [0.5, 0.6) is 0 Å². The van der Waals surface area contributed by atoms with Crippen molar-refractivity contribution in [2.45, 2.75) is 52.6 Å². The van der Waals surface area contributed by atoms with E-state index >= 15 is 0 Å². The van der Waals surface area contributed by atoms with Gasteiger partial charge in [-0.15, -0.1) is 46.4 Å². The molecule has 4 heteroatoms. The normalized spacial score (nSPS) is 63.2. The molecule has 2 unspecified atom stereocenters. The molecule has 0 amide bonds. The van der Waals surface area contributed by atoms with Crippen LogP contribution >= 0.6 is 46.4 Å². The van der Waals surface area contributed by atoms with Gasteiger partial charge in [0.1, 0.15) is 0 Å². The van der Waals surface area contributed by atoms with E-state index in [4.69, 9.17) is 46.4 Å². The van der Waals surface area contributed by atoms with E-state index in [9.17, 15) is 0 Å². The summed E-state index contributed by atoms with van der Waals surface area (Å²) in [5.74, 6) is 1.02. The molecule has 0 spiro atoms. The Morgan fingerprint density at radius 3 is 1.53 bits per heavy atom. The second-order valence-corrected chi connectivity index (χ2v) is 8.01. The third-order valence-electron chi connectivity index (χ3n) is 4.67. The fourth-order valence-electron chi connectivity index (χ4n) is 4.06. The summed E-state index contributed by atoms with van der Waals surface area (Å²) in [6.07, 6.45) is 4.89. The molecule has 3 saturated carbocycles. The zero-order valence-corrected chi connectivity index (χ0v) is 11.4. The summed E-state index contributed by atoms with van der Waals surface area (Å²) in [6.45, 7) is 0. The van der Waals surface area contributed by atoms with Crippen LogP contribution in [0, 0.1) is 11.8 Å². The lowest BCUT2D eigenvalue weighted by molar-refractivity contribution is 0.403. The van der Waals surface area contributed by atoms with Crippen molar-refractivity contribution >= 4 is 46.4 Å². The Hall–Kier alpha value is 1.16. The highest BCUT2D eigenvalue weighted by Crippen LogP contribution is 2.68. The Labute approximate surface area is 111 Å². The zero-order chi connectivity index (χ0) is 10.8. The molecule has 3 fully saturated rings. The molecule has 0 aromatic heterocycles. The number of hydrogen-bond acceptors (Lipinski definition) is 0. The van der Waals surface area contributed by atoms with Crippen LogP contribution in [0.4, 0.5) is 0 Å². The van der Waals surface area contributed by atoms with Gasteiger partial charge in [0.05, 0.1) is 9.75 Å². The predicted octanol–water partition coefficient (Wildman–Crippen LogP) is 4.38. The Bertz CT molecular complexity index is 266. The van der Waals surface area contributed by atoms with Crippen LogP contribution in [-0.4, -0.2) is 20.5 Å². The number of halogens is 4. The number of hydrogen-bond donors (Lipinski definition) is 0. The highest BCUT2D eigenvalue weighted by atomic mass is 35.5. The molecule has 6 atom stereocenters. The van der Waals surface area contributed by atoms with Gasteiger partial charge in [-0.25, -0.2) is 0 Å². The number of rotatable bonds is 0. The van der Waals surface area contributed by atoms with E-state index in [1.165, 1.54) is 0 Å². The average Bonchev–Trinajstić information content (AvgIpc) is 2.59. The summed E-state index contributed by atoms with van der Waals surface area (Å²) in [4.78, 5) is -0.565. The number of alkyl halides is 4. The third kappa shape index (κ3) is 1.35. The molecule has 86 valence electrons. The minimum atomic E-state index is -0.282. The number of fused-ring (bicyclic) bond motifs is 3. The molecule has 0 heterocycles. The van der Waals surface area contributed by atoms with Crippen LogP contribution in [0.15, 0.2) is 0 Å². The molecule has 0 aromatic rings. The molecule has 0 nitrogen and oxygen atoms in total. The van der Waals surface area contributed by atoms with Gasteiger partial charge < -0.3 is 0 Å². The molecule has 0 aliphatic heterocycles. The minimum Gasteiger partial charge on any atom is -0.123 e. The van der Waals surface area contributed by atoms with Crippen LogP contribution in [0.3, 0.4) is 0 Å². The summed E-state index contributed by atoms with van der Waals surface area (Å²) in [6, 6.07) is 0. The molecule has 15 heavy (non-hydrogen) atoms. The first-order chi connectivity index (χ1) is 6.96. The minimum absolute atomic E-state index is 0.207. The maximum absolute atomic E-state index is 6.80. The van der Waals surface area contributed by atoms with Crippen molar-refractivity contribution in [2.75, 3.05) is 0 Å². The second kappa shape index (κ2) is 3.34. The van der Waals surface area contributed by atoms with Gasteiger partial charge in [0.15, 0.2) is 0 Å². The smallest absolute Gasteiger partial charge is 0.0683 e. The van der Waals surface area contributed by atoms with E-state index in [0.717, 1.165) is 32.1 Å². The summed E-state index contributed by atoms with van der Waals surface area (Å²) in [5, 5.41) is 0.414. The Balaban J connectivity index is 1.97. The van der Waals surface area contributed by atoms with Gasteiger partial charge in [0.2, 0.25) is 0 Å². The average molecular weight is 288 g/mol. The predicted molar refractivity (Wildman–Crippen MR) is 66.5 cm³/mol. The molecule has 0 N–H and O–H groups in total. The lowest BCUT2D eigenvalue weighted by Crippen LogP contribution is -2.44. The van der Waals surface area contributed by atoms with Gasteiger partial charge in [-0.3, -0.25) is 0 Å². The van der Waals surface area contributed by atoms with Crippen molar-refractivity contribution in [1.82, 2.24) is 0 Å². The van der Waals surface area contributed by atoms with Gasteiger partial charge in [-0.05, 0) is 43.9 Å². The molecule has 3 aliphatic rings. The first-order valence-corrected chi connectivity index (χ1v) is 7.24. The van der Waals surface area contributed by atoms with Gasteiger partial charge in [-0.1, -0.05) is 0 Å². The molecule has 0 radical (unpaired) electrons. The Morgan fingerprint density at radius 1 is 0.733 bits per heavy atom. The first-order valence-electron chi connectivity index (χ1n) is 5.61. The SMILES string of the molecule is ClC1C[C@H]2C[C@H]3CC(Cl)C[C@@]3(Cl)[C@@]2(Cl)C1. The summed E-state index contributed by atoms with van der Waals surface area (Å²) in [7, 11) is 0. The maximum Gasteiger partial charge on any atom is 0.0683 e. The van der Waals surface area contributed by atoms with Gasteiger partial charge in [0, 0.05) is 10.8 Å². The van der Waals surface area contributed by atoms with E-state index in [-0.39, 0.29) is 20.5 Å². The van der Waals surface area contributed by atoms with Crippen LogP contribution < -0.4 is 0 Å². The molecule has 3 aliphatic carbocycles. The standard InChI is InChI=1S/C11H14Cl4/c12-8-2-6-1-7-3-9(13)5-11(7,15)10(6,14)4-8/h6-9H,1-5H2/t6-,7+,8?,9?,10-,11+. The molecular formula is C11H14Cl4. The molecule has 0 bridgehead atoms. The van der Waals surface area contributed by atoms with E-state index in [1.807, 2.05) is 0 Å². The Kier molecular flexibility index (Phi) is 2.51. The maximum atomic E-state index is 6.80. The molecular weight excluding hydrogens is 274 g/mol. The van der Waals surface area contributed by atoms with Gasteiger partial charge in [0.25, 0.3) is 0 Å². The van der Waals surface area contributed by atoms with Crippen molar-refractivity contribution < 1.29 is 0 Å². The van der Waals surface area contributed by atoms with Crippen LogP contribution in [0.25, 0.3) is 0 Å². The highest BCUT2D eigenvalue weighted by Gasteiger charge is 2.69. The molecule has 0 saturated heterocycles.